The van der Waals surface area contributed by atoms with E-state index in [1.54, 1.807) is 26.0 Å². The summed E-state index contributed by atoms with van der Waals surface area (Å²) in [6.45, 7) is 3.36. The lowest BCUT2D eigenvalue weighted by Crippen LogP contribution is -2.47. The van der Waals surface area contributed by atoms with Crippen molar-refractivity contribution >= 4 is 28.6 Å². The zero-order chi connectivity index (χ0) is 16.0. The van der Waals surface area contributed by atoms with Crippen molar-refractivity contribution in [1.82, 2.24) is 4.90 Å². The average Bonchev–Trinajstić information content (AvgIpc) is 2.70. The minimum atomic E-state index is -1.17. The van der Waals surface area contributed by atoms with E-state index in [9.17, 15) is 19.5 Å². The third kappa shape index (κ3) is 1.97. The van der Waals surface area contributed by atoms with Crippen LogP contribution in [0.25, 0.3) is 10.8 Å². The van der Waals surface area contributed by atoms with Gasteiger partial charge in [-0.05, 0) is 28.8 Å². The first kappa shape index (κ1) is 14.3. The summed E-state index contributed by atoms with van der Waals surface area (Å²) in [5, 5.41) is 11.1. The number of fused-ring (bicyclic) bond motifs is 2. The summed E-state index contributed by atoms with van der Waals surface area (Å²) in [4.78, 5) is 37.4. The van der Waals surface area contributed by atoms with Gasteiger partial charge in [0.2, 0.25) is 0 Å². The van der Waals surface area contributed by atoms with Crippen molar-refractivity contribution < 1.29 is 19.5 Å². The van der Waals surface area contributed by atoms with Crippen molar-refractivity contribution in [1.29, 1.82) is 0 Å². The lowest BCUT2D eigenvalue weighted by molar-refractivity contribution is -0.143. The number of carbonyl (C=O) groups is 3. The molecule has 0 unspecified atom stereocenters. The molecule has 0 bridgehead atoms. The minimum Gasteiger partial charge on any atom is -0.480 e. The summed E-state index contributed by atoms with van der Waals surface area (Å²) >= 11 is 0. The quantitative estimate of drug-likeness (QED) is 0.883. The number of carboxylic acids is 1. The molecular formula is C17H15NO4. The summed E-state index contributed by atoms with van der Waals surface area (Å²) in [6.07, 6.45) is 0. The number of hydrogen-bond acceptors (Lipinski definition) is 3. The fourth-order valence-corrected chi connectivity index (χ4v) is 2.89. The first-order valence-corrected chi connectivity index (χ1v) is 7.05. The van der Waals surface area contributed by atoms with Gasteiger partial charge in [-0.2, -0.15) is 0 Å². The molecule has 0 saturated heterocycles. The zero-order valence-electron chi connectivity index (χ0n) is 12.2. The maximum absolute atomic E-state index is 12.5. The van der Waals surface area contributed by atoms with Crippen LogP contribution in [0.2, 0.25) is 0 Å². The molecule has 3 rings (SSSR count). The van der Waals surface area contributed by atoms with Crippen LogP contribution in [0.3, 0.4) is 0 Å². The SMILES string of the molecule is CC(C)[C@@H](C(=O)O)N1C(=O)c2cc3ccccc3cc2C1=O. The van der Waals surface area contributed by atoms with Crippen LogP contribution in [0.1, 0.15) is 34.6 Å². The molecule has 0 saturated carbocycles. The predicted octanol–water partition coefficient (Wildman–Crippen LogP) is 2.55. The molecule has 1 heterocycles. The van der Waals surface area contributed by atoms with E-state index in [1.165, 1.54) is 0 Å². The van der Waals surface area contributed by atoms with E-state index in [-0.39, 0.29) is 17.0 Å². The van der Waals surface area contributed by atoms with Crippen molar-refractivity contribution in [3.8, 4) is 0 Å². The molecule has 5 nitrogen and oxygen atoms in total. The van der Waals surface area contributed by atoms with Crippen LogP contribution in [-0.2, 0) is 4.79 Å². The summed E-state index contributed by atoms with van der Waals surface area (Å²) < 4.78 is 0. The van der Waals surface area contributed by atoms with Gasteiger partial charge in [0.25, 0.3) is 11.8 Å². The maximum Gasteiger partial charge on any atom is 0.327 e. The molecule has 1 aliphatic rings. The van der Waals surface area contributed by atoms with Gasteiger partial charge in [0.1, 0.15) is 6.04 Å². The summed E-state index contributed by atoms with van der Waals surface area (Å²) in [6, 6.07) is 9.56. The summed E-state index contributed by atoms with van der Waals surface area (Å²) in [5.74, 6) is -2.61. The highest BCUT2D eigenvalue weighted by molar-refractivity contribution is 6.24. The highest BCUT2D eigenvalue weighted by atomic mass is 16.4. The number of imide groups is 1. The second-order valence-corrected chi connectivity index (χ2v) is 5.75. The van der Waals surface area contributed by atoms with Crippen LogP contribution in [0, 0.1) is 5.92 Å². The zero-order valence-corrected chi connectivity index (χ0v) is 12.2. The van der Waals surface area contributed by atoms with Gasteiger partial charge in [-0.1, -0.05) is 38.1 Å². The van der Waals surface area contributed by atoms with Gasteiger partial charge in [0.15, 0.2) is 0 Å². The van der Waals surface area contributed by atoms with Crippen molar-refractivity contribution in [2.24, 2.45) is 5.92 Å². The van der Waals surface area contributed by atoms with Crippen molar-refractivity contribution in [3.63, 3.8) is 0 Å². The van der Waals surface area contributed by atoms with Crippen molar-refractivity contribution in [3.05, 3.63) is 47.5 Å². The molecule has 0 spiro atoms. The minimum absolute atomic E-state index is 0.274. The van der Waals surface area contributed by atoms with Crippen molar-refractivity contribution in [2.75, 3.05) is 0 Å². The van der Waals surface area contributed by atoms with Gasteiger partial charge in [-0.25, -0.2) is 4.79 Å². The Balaban J connectivity index is 2.15. The fourth-order valence-electron chi connectivity index (χ4n) is 2.89. The molecular weight excluding hydrogens is 282 g/mol. The predicted molar refractivity (Wildman–Crippen MR) is 80.7 cm³/mol. The van der Waals surface area contributed by atoms with E-state index in [1.807, 2.05) is 24.3 Å². The van der Waals surface area contributed by atoms with E-state index >= 15 is 0 Å². The molecule has 2 aromatic rings. The molecule has 0 aromatic heterocycles. The van der Waals surface area contributed by atoms with Gasteiger partial charge in [-0.15, -0.1) is 0 Å². The smallest absolute Gasteiger partial charge is 0.327 e. The first-order chi connectivity index (χ1) is 10.4. The van der Waals surface area contributed by atoms with E-state index in [0.717, 1.165) is 15.7 Å². The molecule has 22 heavy (non-hydrogen) atoms. The number of carboxylic acid groups (broad SMARTS) is 1. The second kappa shape index (κ2) is 4.94. The standard InChI is InChI=1S/C17H15NO4/c1-9(2)14(17(21)22)18-15(19)12-7-10-5-3-4-6-11(10)8-13(12)16(18)20/h3-9,14H,1-2H3,(H,21,22)/t14-/m0/s1. The Morgan fingerprint density at radius 1 is 1.00 bits per heavy atom. The Labute approximate surface area is 127 Å². The van der Waals surface area contributed by atoms with Crippen LogP contribution < -0.4 is 0 Å². The number of benzene rings is 2. The van der Waals surface area contributed by atoms with Crippen molar-refractivity contribution in [2.45, 2.75) is 19.9 Å². The van der Waals surface area contributed by atoms with Gasteiger partial charge in [-0.3, -0.25) is 14.5 Å². The normalized spacial score (nSPS) is 15.5. The number of hydrogen-bond donors (Lipinski definition) is 1. The highest BCUT2D eigenvalue weighted by Crippen LogP contribution is 2.30. The third-order valence-electron chi connectivity index (χ3n) is 3.95. The lowest BCUT2D eigenvalue weighted by atomic mass is 10.0. The third-order valence-corrected chi connectivity index (χ3v) is 3.95. The van der Waals surface area contributed by atoms with Crippen LogP contribution in [0.15, 0.2) is 36.4 Å². The molecule has 2 amide bonds. The Hall–Kier alpha value is -2.69. The van der Waals surface area contributed by atoms with Gasteiger partial charge in [0, 0.05) is 0 Å². The Morgan fingerprint density at radius 2 is 1.45 bits per heavy atom. The molecule has 1 atom stereocenters. The van der Waals surface area contributed by atoms with Gasteiger partial charge < -0.3 is 5.11 Å². The Bertz CT molecular complexity index is 755. The average molecular weight is 297 g/mol. The van der Waals surface area contributed by atoms with Crippen LogP contribution >= 0.6 is 0 Å². The van der Waals surface area contributed by atoms with E-state index in [4.69, 9.17) is 0 Å². The van der Waals surface area contributed by atoms with E-state index in [2.05, 4.69) is 0 Å². The molecule has 1 aliphatic heterocycles. The number of aliphatic carboxylic acids is 1. The maximum atomic E-state index is 12.5. The lowest BCUT2D eigenvalue weighted by Gasteiger charge is -2.25. The molecule has 1 N–H and O–H groups in total. The van der Waals surface area contributed by atoms with Crippen LogP contribution in [0.5, 0.6) is 0 Å². The number of nitrogens with zero attached hydrogens (tertiary/aromatic N) is 1. The molecule has 0 aliphatic carbocycles. The topological polar surface area (TPSA) is 74.7 Å². The largest absolute Gasteiger partial charge is 0.480 e. The second-order valence-electron chi connectivity index (χ2n) is 5.75. The molecule has 2 aromatic carbocycles. The Kier molecular flexibility index (Phi) is 3.20. The monoisotopic (exact) mass is 297 g/mol. The molecule has 112 valence electrons. The van der Waals surface area contributed by atoms with Crippen LogP contribution in [-0.4, -0.2) is 33.8 Å². The number of amides is 2. The van der Waals surface area contributed by atoms with E-state index in [0.29, 0.717) is 0 Å². The van der Waals surface area contributed by atoms with Crippen LogP contribution in [0.4, 0.5) is 0 Å². The number of carbonyl (C=O) groups excluding carboxylic acids is 2. The molecule has 5 heteroatoms. The summed E-state index contributed by atoms with van der Waals surface area (Å²) in [7, 11) is 0. The first-order valence-electron chi connectivity index (χ1n) is 7.05. The van der Waals surface area contributed by atoms with E-state index < -0.39 is 23.8 Å². The highest BCUT2D eigenvalue weighted by Gasteiger charge is 2.44. The molecule has 0 radical (unpaired) electrons. The van der Waals surface area contributed by atoms with Gasteiger partial charge in [0.05, 0.1) is 11.1 Å². The Morgan fingerprint density at radius 3 is 1.82 bits per heavy atom. The molecule has 0 fully saturated rings. The fraction of sp³-hybridized carbons (Fsp3) is 0.235. The number of rotatable bonds is 3. The summed E-state index contributed by atoms with van der Waals surface area (Å²) in [5.41, 5.74) is 0.547. The van der Waals surface area contributed by atoms with Gasteiger partial charge >= 0.3 is 5.97 Å².